The van der Waals surface area contributed by atoms with Crippen molar-refractivity contribution in [1.29, 1.82) is 0 Å². The van der Waals surface area contributed by atoms with Crippen LogP contribution in [0.15, 0.2) is 24.3 Å². The molecule has 3 rings (SSSR count). The molecule has 20 heavy (non-hydrogen) atoms. The summed E-state index contributed by atoms with van der Waals surface area (Å²) in [4.78, 5) is 11.3. The number of carbonyl (C=O) groups excluding carboxylic acids is 1. The summed E-state index contributed by atoms with van der Waals surface area (Å²) in [5, 5.41) is 6.15. The van der Waals surface area contributed by atoms with E-state index in [1.54, 1.807) is 18.2 Å². The zero-order valence-corrected chi connectivity index (χ0v) is 10.5. The summed E-state index contributed by atoms with van der Waals surface area (Å²) < 4.78 is 39.1. The van der Waals surface area contributed by atoms with Gasteiger partial charge in [0, 0.05) is 18.3 Å². The number of fused-ring (bicyclic) bond motifs is 1. The van der Waals surface area contributed by atoms with Crippen LogP contribution in [0.25, 0.3) is 11.3 Å². The molecule has 0 unspecified atom stereocenters. The lowest BCUT2D eigenvalue weighted by Gasteiger charge is -2.04. The Balaban J connectivity index is 2.04. The first-order valence-corrected chi connectivity index (χ1v) is 5.89. The molecule has 2 heterocycles. The molecule has 0 radical (unpaired) electrons. The number of alkyl halides is 3. The van der Waals surface area contributed by atoms with Crippen molar-refractivity contribution in [3.05, 3.63) is 35.5 Å². The van der Waals surface area contributed by atoms with Gasteiger partial charge in [0.15, 0.2) is 5.69 Å². The smallest absolute Gasteiger partial charge is 0.326 e. The van der Waals surface area contributed by atoms with E-state index >= 15 is 0 Å². The molecule has 0 atom stereocenters. The minimum Gasteiger partial charge on any atom is -0.326 e. The van der Waals surface area contributed by atoms with E-state index < -0.39 is 11.9 Å². The second-order valence-corrected chi connectivity index (χ2v) is 4.63. The Morgan fingerprint density at radius 3 is 2.70 bits per heavy atom. The molecule has 0 fully saturated rings. The number of halogens is 3. The molecular formula is C13H10F3N3O. The summed E-state index contributed by atoms with van der Waals surface area (Å²) in [5.41, 5.74) is 1.52. The predicted molar refractivity (Wildman–Crippen MR) is 66.0 cm³/mol. The van der Waals surface area contributed by atoms with Crippen LogP contribution < -0.4 is 5.32 Å². The fraction of sp³-hybridized carbons (Fsp3) is 0.231. The van der Waals surface area contributed by atoms with E-state index in [2.05, 4.69) is 10.4 Å². The van der Waals surface area contributed by atoms with Gasteiger partial charge in [-0.25, -0.2) is 0 Å². The van der Waals surface area contributed by atoms with Crippen LogP contribution in [-0.2, 0) is 24.4 Å². The fourth-order valence-corrected chi connectivity index (χ4v) is 2.26. The molecule has 0 spiro atoms. The topological polar surface area (TPSA) is 46.9 Å². The minimum absolute atomic E-state index is 0.113. The van der Waals surface area contributed by atoms with Gasteiger partial charge in [-0.3, -0.25) is 9.48 Å². The normalized spacial score (nSPS) is 14.3. The molecule has 1 aliphatic rings. The Kier molecular flexibility index (Phi) is 2.60. The molecule has 1 aromatic carbocycles. The summed E-state index contributed by atoms with van der Waals surface area (Å²) in [6, 6.07) is 6.08. The van der Waals surface area contributed by atoms with E-state index in [0.717, 1.165) is 11.6 Å². The standard InChI is InChI=1S/C13H10F3N3O/c1-19-10(6-11(18-19)13(14,15)16)7-2-3-9-8(4-7)5-12(20)17-9/h2-4,6H,5H2,1H3,(H,17,20). The van der Waals surface area contributed by atoms with Gasteiger partial charge in [-0.1, -0.05) is 6.07 Å². The maximum atomic E-state index is 12.6. The lowest BCUT2D eigenvalue weighted by Crippen LogP contribution is -2.06. The molecule has 1 N–H and O–H groups in total. The van der Waals surface area contributed by atoms with Gasteiger partial charge in [0.1, 0.15) is 0 Å². The van der Waals surface area contributed by atoms with Gasteiger partial charge >= 0.3 is 6.18 Å². The van der Waals surface area contributed by atoms with Crippen molar-refractivity contribution >= 4 is 11.6 Å². The first-order chi connectivity index (χ1) is 9.34. The number of hydrogen-bond donors (Lipinski definition) is 1. The number of hydrogen-bond acceptors (Lipinski definition) is 2. The highest BCUT2D eigenvalue weighted by molar-refractivity contribution is 5.99. The van der Waals surface area contributed by atoms with Crippen molar-refractivity contribution in [2.45, 2.75) is 12.6 Å². The Labute approximate surface area is 112 Å². The maximum Gasteiger partial charge on any atom is 0.435 e. The third-order valence-electron chi connectivity index (χ3n) is 3.20. The predicted octanol–water partition coefficient (Wildman–Crippen LogP) is 2.60. The van der Waals surface area contributed by atoms with Crippen LogP contribution in [0.1, 0.15) is 11.3 Å². The molecule has 1 amide bonds. The monoisotopic (exact) mass is 281 g/mol. The van der Waals surface area contributed by atoms with Crippen LogP contribution in [0.3, 0.4) is 0 Å². The van der Waals surface area contributed by atoms with Gasteiger partial charge < -0.3 is 5.32 Å². The number of aromatic nitrogens is 2. The zero-order chi connectivity index (χ0) is 14.5. The lowest BCUT2D eigenvalue weighted by molar-refractivity contribution is -0.141. The highest BCUT2D eigenvalue weighted by Crippen LogP contribution is 2.33. The van der Waals surface area contributed by atoms with E-state index in [0.29, 0.717) is 16.9 Å². The van der Waals surface area contributed by atoms with Crippen LogP contribution in [0.2, 0.25) is 0 Å². The summed E-state index contributed by atoms with van der Waals surface area (Å²) in [6.45, 7) is 0. The summed E-state index contributed by atoms with van der Waals surface area (Å²) >= 11 is 0. The first-order valence-electron chi connectivity index (χ1n) is 5.89. The van der Waals surface area contributed by atoms with E-state index in [4.69, 9.17) is 0 Å². The largest absolute Gasteiger partial charge is 0.435 e. The average molecular weight is 281 g/mol. The van der Waals surface area contributed by atoms with Crippen LogP contribution >= 0.6 is 0 Å². The summed E-state index contributed by atoms with van der Waals surface area (Å²) in [5.74, 6) is -0.113. The van der Waals surface area contributed by atoms with Crippen molar-refractivity contribution in [3.8, 4) is 11.3 Å². The van der Waals surface area contributed by atoms with Gasteiger partial charge in [0.25, 0.3) is 0 Å². The molecule has 0 saturated carbocycles. The molecular weight excluding hydrogens is 271 g/mol. The summed E-state index contributed by atoms with van der Waals surface area (Å²) in [6.07, 6.45) is -4.22. The number of nitrogens with one attached hydrogen (secondary N) is 1. The third-order valence-corrected chi connectivity index (χ3v) is 3.20. The highest BCUT2D eigenvalue weighted by atomic mass is 19.4. The Hall–Kier alpha value is -2.31. The number of nitrogens with zero attached hydrogens (tertiary/aromatic N) is 2. The van der Waals surface area contributed by atoms with E-state index in [9.17, 15) is 18.0 Å². The Morgan fingerprint density at radius 1 is 1.30 bits per heavy atom. The van der Waals surface area contributed by atoms with Crippen molar-refractivity contribution in [2.75, 3.05) is 5.32 Å². The number of anilines is 1. The van der Waals surface area contributed by atoms with Gasteiger partial charge in [0.2, 0.25) is 5.91 Å². The minimum atomic E-state index is -4.47. The Bertz CT molecular complexity index is 703. The van der Waals surface area contributed by atoms with E-state index in [1.165, 1.54) is 11.7 Å². The van der Waals surface area contributed by atoms with Crippen molar-refractivity contribution in [3.63, 3.8) is 0 Å². The van der Waals surface area contributed by atoms with E-state index in [-0.39, 0.29) is 12.3 Å². The van der Waals surface area contributed by atoms with Gasteiger partial charge in [-0.05, 0) is 23.8 Å². The SMILES string of the molecule is Cn1nc(C(F)(F)F)cc1-c1ccc2c(c1)CC(=O)N2. The van der Waals surface area contributed by atoms with Gasteiger partial charge in [-0.2, -0.15) is 18.3 Å². The number of rotatable bonds is 1. The number of benzene rings is 1. The number of amides is 1. The molecule has 7 heteroatoms. The first kappa shape index (κ1) is 12.7. The van der Waals surface area contributed by atoms with Crippen molar-refractivity contribution in [2.24, 2.45) is 7.05 Å². The third kappa shape index (κ3) is 2.04. The second-order valence-electron chi connectivity index (χ2n) is 4.63. The quantitative estimate of drug-likeness (QED) is 0.873. The fourth-order valence-electron chi connectivity index (χ4n) is 2.26. The molecule has 0 aliphatic carbocycles. The summed E-state index contributed by atoms with van der Waals surface area (Å²) in [7, 11) is 1.46. The maximum absolute atomic E-state index is 12.6. The molecule has 104 valence electrons. The molecule has 1 aliphatic heterocycles. The Morgan fingerprint density at radius 2 is 2.05 bits per heavy atom. The molecule has 1 aromatic heterocycles. The molecule has 0 saturated heterocycles. The van der Waals surface area contributed by atoms with Crippen LogP contribution in [0.5, 0.6) is 0 Å². The molecule has 4 nitrogen and oxygen atoms in total. The molecule has 0 bridgehead atoms. The zero-order valence-electron chi connectivity index (χ0n) is 10.5. The number of aryl methyl sites for hydroxylation is 1. The van der Waals surface area contributed by atoms with Crippen LogP contribution in [-0.4, -0.2) is 15.7 Å². The van der Waals surface area contributed by atoms with Crippen LogP contribution in [0.4, 0.5) is 18.9 Å². The van der Waals surface area contributed by atoms with Crippen LogP contribution in [0, 0.1) is 0 Å². The molecule has 2 aromatic rings. The average Bonchev–Trinajstić information content (AvgIpc) is 2.89. The van der Waals surface area contributed by atoms with Gasteiger partial charge in [0.05, 0.1) is 12.1 Å². The van der Waals surface area contributed by atoms with Crippen molar-refractivity contribution in [1.82, 2.24) is 9.78 Å². The van der Waals surface area contributed by atoms with E-state index in [1.807, 2.05) is 0 Å². The highest BCUT2D eigenvalue weighted by Gasteiger charge is 2.34. The van der Waals surface area contributed by atoms with Gasteiger partial charge in [-0.15, -0.1) is 0 Å². The second kappa shape index (κ2) is 4.09. The lowest BCUT2D eigenvalue weighted by atomic mass is 10.1. The number of carbonyl (C=O) groups is 1. The van der Waals surface area contributed by atoms with Crippen molar-refractivity contribution < 1.29 is 18.0 Å².